The van der Waals surface area contributed by atoms with Gasteiger partial charge in [0.05, 0.1) is 6.61 Å². The van der Waals surface area contributed by atoms with Gasteiger partial charge >= 0.3 is 5.97 Å². The molecule has 0 amide bonds. The lowest BCUT2D eigenvalue weighted by Gasteiger charge is -2.05. The molecule has 0 spiro atoms. The first kappa shape index (κ1) is 12.9. The smallest absolute Gasteiger partial charge is 0.319 e. The molecule has 0 aliphatic rings. The van der Waals surface area contributed by atoms with Crippen LogP contribution in [0.1, 0.15) is 46.0 Å². The zero-order valence-corrected chi connectivity index (χ0v) is 10.1. The van der Waals surface area contributed by atoms with E-state index in [2.05, 4.69) is 22.9 Å². The zero-order chi connectivity index (χ0) is 10.1. The number of ether oxygens (including phenoxy) is 1. The fraction of sp³-hybridized carbons (Fsp3) is 0.900. The Morgan fingerprint density at radius 3 is 2.46 bits per heavy atom. The molecule has 78 valence electrons. The highest BCUT2D eigenvalue weighted by Crippen LogP contribution is 2.04. The van der Waals surface area contributed by atoms with Gasteiger partial charge in [-0.3, -0.25) is 4.79 Å². The average Bonchev–Trinajstić information content (AvgIpc) is 2.10. The summed E-state index contributed by atoms with van der Waals surface area (Å²) in [6, 6.07) is 0. The van der Waals surface area contributed by atoms with Gasteiger partial charge in [-0.25, -0.2) is 0 Å². The Morgan fingerprint density at radius 1 is 1.31 bits per heavy atom. The van der Waals surface area contributed by atoms with E-state index in [0.29, 0.717) is 6.61 Å². The second-order valence-corrected chi connectivity index (χ2v) is 4.57. The van der Waals surface area contributed by atoms with Gasteiger partial charge in [0, 0.05) is 0 Å². The van der Waals surface area contributed by atoms with Gasteiger partial charge in [-0.05, 0) is 13.3 Å². The third-order valence-corrected chi connectivity index (χ3v) is 2.19. The summed E-state index contributed by atoms with van der Waals surface area (Å²) in [5, 5.41) is 0. The van der Waals surface area contributed by atoms with Crippen LogP contribution in [-0.2, 0) is 9.53 Å². The van der Waals surface area contributed by atoms with E-state index < -0.39 is 0 Å². The minimum Gasteiger partial charge on any atom is -0.465 e. The first-order valence-corrected chi connectivity index (χ1v) is 5.90. The van der Waals surface area contributed by atoms with Crippen LogP contribution in [0, 0.1) is 0 Å². The molecule has 0 aromatic carbocycles. The lowest BCUT2D eigenvalue weighted by Crippen LogP contribution is -2.14. The van der Waals surface area contributed by atoms with Gasteiger partial charge in [-0.15, -0.1) is 0 Å². The molecule has 0 heterocycles. The average molecular weight is 251 g/mol. The van der Waals surface area contributed by atoms with Crippen LogP contribution in [0.15, 0.2) is 0 Å². The van der Waals surface area contributed by atoms with Crippen molar-refractivity contribution in [3.05, 3.63) is 0 Å². The first-order chi connectivity index (χ1) is 6.18. The molecule has 0 rings (SSSR count). The Morgan fingerprint density at radius 2 is 1.92 bits per heavy atom. The Hall–Kier alpha value is -0.0500. The molecule has 0 radical (unpaired) electrons. The highest BCUT2D eigenvalue weighted by Gasteiger charge is 2.08. The Balaban J connectivity index is 3.12. The van der Waals surface area contributed by atoms with E-state index >= 15 is 0 Å². The third-order valence-electron chi connectivity index (χ3n) is 1.82. The third kappa shape index (κ3) is 8.28. The van der Waals surface area contributed by atoms with Crippen LogP contribution in [0.25, 0.3) is 0 Å². The molecule has 1 unspecified atom stereocenters. The molecule has 0 aliphatic heterocycles. The monoisotopic (exact) mass is 250 g/mol. The maximum Gasteiger partial charge on any atom is 0.319 e. The van der Waals surface area contributed by atoms with Crippen LogP contribution in [-0.4, -0.2) is 17.4 Å². The minimum absolute atomic E-state index is 0.157. The second-order valence-electron chi connectivity index (χ2n) is 3.20. The second kappa shape index (κ2) is 8.54. The van der Waals surface area contributed by atoms with Crippen LogP contribution in [0.3, 0.4) is 0 Å². The highest BCUT2D eigenvalue weighted by atomic mass is 79.9. The van der Waals surface area contributed by atoms with Crippen molar-refractivity contribution >= 4 is 21.9 Å². The minimum atomic E-state index is -0.178. The molecular formula is C10H19BrO2. The molecule has 0 aromatic heterocycles. The van der Waals surface area contributed by atoms with Crippen LogP contribution < -0.4 is 0 Å². The Kier molecular flexibility index (Phi) is 8.51. The largest absolute Gasteiger partial charge is 0.465 e. The van der Waals surface area contributed by atoms with Crippen molar-refractivity contribution in [1.82, 2.24) is 0 Å². The molecule has 0 fully saturated rings. The van der Waals surface area contributed by atoms with E-state index in [-0.39, 0.29) is 10.8 Å². The van der Waals surface area contributed by atoms with Crippen molar-refractivity contribution in [3.63, 3.8) is 0 Å². The summed E-state index contributed by atoms with van der Waals surface area (Å²) in [7, 11) is 0. The molecule has 2 nitrogen and oxygen atoms in total. The Labute approximate surface area is 89.2 Å². The summed E-state index contributed by atoms with van der Waals surface area (Å²) < 4.78 is 5.00. The first-order valence-electron chi connectivity index (χ1n) is 4.99. The molecule has 0 saturated carbocycles. The number of alkyl halides is 1. The quantitative estimate of drug-likeness (QED) is 0.394. The van der Waals surface area contributed by atoms with E-state index in [1.54, 1.807) is 6.92 Å². The molecule has 0 N–H and O–H groups in total. The summed E-state index contributed by atoms with van der Waals surface area (Å²) in [4.78, 5) is 10.8. The van der Waals surface area contributed by atoms with Gasteiger partial charge in [0.15, 0.2) is 0 Å². The maximum absolute atomic E-state index is 11.0. The molecule has 0 aliphatic carbocycles. The van der Waals surface area contributed by atoms with Crippen molar-refractivity contribution in [3.8, 4) is 0 Å². The summed E-state index contributed by atoms with van der Waals surface area (Å²) in [6.45, 7) is 4.53. The summed E-state index contributed by atoms with van der Waals surface area (Å²) in [5.74, 6) is -0.157. The number of carbonyl (C=O) groups is 1. The molecule has 13 heavy (non-hydrogen) atoms. The lowest BCUT2D eigenvalue weighted by molar-refractivity contribution is -0.142. The summed E-state index contributed by atoms with van der Waals surface area (Å²) in [6.07, 6.45) is 5.93. The van der Waals surface area contributed by atoms with E-state index in [9.17, 15) is 4.79 Å². The molecule has 1 atom stereocenters. The number of hydrogen-bond acceptors (Lipinski definition) is 2. The van der Waals surface area contributed by atoms with Gasteiger partial charge < -0.3 is 4.74 Å². The van der Waals surface area contributed by atoms with Gasteiger partial charge in [-0.1, -0.05) is 48.5 Å². The fourth-order valence-electron chi connectivity index (χ4n) is 0.993. The number of halogens is 1. The Bertz CT molecular complexity index is 135. The number of rotatable bonds is 7. The van der Waals surface area contributed by atoms with Gasteiger partial charge in [0.2, 0.25) is 0 Å². The predicted octanol–water partition coefficient (Wildman–Crippen LogP) is 3.28. The zero-order valence-electron chi connectivity index (χ0n) is 8.51. The van der Waals surface area contributed by atoms with E-state index in [1.165, 1.54) is 19.3 Å². The van der Waals surface area contributed by atoms with Crippen LogP contribution >= 0.6 is 15.9 Å². The van der Waals surface area contributed by atoms with Crippen LogP contribution in [0.4, 0.5) is 0 Å². The van der Waals surface area contributed by atoms with Gasteiger partial charge in [0.25, 0.3) is 0 Å². The standard InChI is InChI=1S/C10H19BrO2/c1-3-4-5-6-7-8-13-10(12)9(2)11/h9H,3-8H2,1-2H3. The van der Waals surface area contributed by atoms with Crippen molar-refractivity contribution in [2.75, 3.05) is 6.61 Å². The van der Waals surface area contributed by atoms with Gasteiger partial charge in [0.1, 0.15) is 4.83 Å². The molecule has 0 saturated heterocycles. The highest BCUT2D eigenvalue weighted by molar-refractivity contribution is 9.10. The van der Waals surface area contributed by atoms with Crippen LogP contribution in [0.5, 0.6) is 0 Å². The van der Waals surface area contributed by atoms with Gasteiger partial charge in [-0.2, -0.15) is 0 Å². The van der Waals surface area contributed by atoms with Crippen LogP contribution in [0.2, 0.25) is 0 Å². The normalized spacial score (nSPS) is 12.5. The van der Waals surface area contributed by atoms with E-state index in [0.717, 1.165) is 12.8 Å². The fourth-order valence-corrected chi connectivity index (χ4v) is 1.13. The SMILES string of the molecule is CCCCCCCOC(=O)C(C)Br. The lowest BCUT2D eigenvalue weighted by atomic mass is 10.2. The van der Waals surface area contributed by atoms with Crippen molar-refractivity contribution in [2.45, 2.75) is 50.8 Å². The summed E-state index contributed by atoms with van der Waals surface area (Å²) >= 11 is 3.16. The molecule has 3 heteroatoms. The maximum atomic E-state index is 11.0. The predicted molar refractivity (Wildman–Crippen MR) is 58.1 cm³/mol. The molecule has 0 aromatic rings. The van der Waals surface area contributed by atoms with E-state index in [4.69, 9.17) is 4.74 Å². The summed E-state index contributed by atoms with van der Waals surface area (Å²) in [5.41, 5.74) is 0. The topological polar surface area (TPSA) is 26.3 Å². The van der Waals surface area contributed by atoms with Crippen molar-refractivity contribution in [1.29, 1.82) is 0 Å². The van der Waals surface area contributed by atoms with Crippen molar-refractivity contribution < 1.29 is 9.53 Å². The van der Waals surface area contributed by atoms with Crippen molar-refractivity contribution in [2.24, 2.45) is 0 Å². The number of carbonyl (C=O) groups excluding carboxylic acids is 1. The number of hydrogen-bond donors (Lipinski definition) is 0. The molecule has 0 bridgehead atoms. The van der Waals surface area contributed by atoms with E-state index in [1.807, 2.05) is 0 Å². The number of esters is 1. The number of unbranched alkanes of at least 4 members (excludes halogenated alkanes) is 4. The molecular weight excluding hydrogens is 232 g/mol.